The zero-order valence-electron chi connectivity index (χ0n) is 16.3. The molecule has 0 amide bonds. The predicted molar refractivity (Wildman–Crippen MR) is 116 cm³/mol. The Hall–Kier alpha value is -1.85. The highest BCUT2D eigenvalue weighted by molar-refractivity contribution is 14.0. The number of nitrogens with one attached hydrogen (secondary N) is 2. The molecule has 29 heavy (non-hydrogen) atoms. The second-order valence-electron chi connectivity index (χ2n) is 6.74. The highest BCUT2D eigenvalue weighted by atomic mass is 127. The molecule has 0 bridgehead atoms. The molecule has 160 valence electrons. The van der Waals surface area contributed by atoms with Crippen molar-refractivity contribution in [2.75, 3.05) is 6.54 Å². The molecule has 0 saturated carbocycles. The van der Waals surface area contributed by atoms with Gasteiger partial charge in [0.2, 0.25) is 0 Å². The number of benzene rings is 1. The average molecular weight is 522 g/mol. The van der Waals surface area contributed by atoms with Gasteiger partial charge in [-0.25, -0.2) is 4.99 Å². The van der Waals surface area contributed by atoms with Crippen molar-refractivity contribution in [3.05, 3.63) is 47.0 Å². The number of guanidine groups is 1. The van der Waals surface area contributed by atoms with Crippen LogP contribution in [0, 0.1) is 0 Å². The van der Waals surface area contributed by atoms with Crippen molar-refractivity contribution in [1.29, 1.82) is 0 Å². The summed E-state index contributed by atoms with van der Waals surface area (Å²) in [5, 5.41) is 14.9. The topological polar surface area (TPSA) is 67.1 Å². The number of hydrogen-bond acceptors (Lipinski definition) is 3. The zero-order valence-corrected chi connectivity index (χ0v) is 18.6. The Morgan fingerprint density at radius 2 is 1.86 bits per heavy atom. The fourth-order valence-corrected chi connectivity index (χ4v) is 3.15. The summed E-state index contributed by atoms with van der Waals surface area (Å²) in [4.78, 5) is 4.46. The van der Waals surface area contributed by atoms with Crippen LogP contribution in [0.1, 0.15) is 49.0 Å². The lowest BCUT2D eigenvalue weighted by atomic mass is 10.1. The molecule has 1 aliphatic rings. The van der Waals surface area contributed by atoms with Crippen LogP contribution < -0.4 is 10.6 Å². The van der Waals surface area contributed by atoms with Gasteiger partial charge in [0, 0.05) is 19.5 Å². The van der Waals surface area contributed by atoms with Gasteiger partial charge in [-0.3, -0.25) is 0 Å². The fraction of sp³-hybridized carbons (Fsp3) is 0.526. The number of aromatic nitrogens is 3. The maximum absolute atomic E-state index is 12.7. The number of nitrogens with zero attached hydrogens (tertiary/aromatic N) is 4. The number of aryl methyl sites for hydroxylation is 1. The van der Waals surface area contributed by atoms with Gasteiger partial charge in [0.1, 0.15) is 5.82 Å². The van der Waals surface area contributed by atoms with E-state index in [9.17, 15) is 13.2 Å². The maximum Gasteiger partial charge on any atom is 0.416 e. The first-order valence-corrected chi connectivity index (χ1v) is 9.56. The lowest BCUT2D eigenvalue weighted by Crippen LogP contribution is -2.37. The second-order valence-corrected chi connectivity index (χ2v) is 6.74. The molecule has 0 saturated heterocycles. The van der Waals surface area contributed by atoms with Gasteiger partial charge in [-0.05, 0) is 37.5 Å². The summed E-state index contributed by atoms with van der Waals surface area (Å²) >= 11 is 0. The van der Waals surface area contributed by atoms with Crippen molar-refractivity contribution in [2.45, 2.75) is 58.4 Å². The third-order valence-electron chi connectivity index (χ3n) is 4.65. The summed E-state index contributed by atoms with van der Waals surface area (Å²) in [7, 11) is 0. The summed E-state index contributed by atoms with van der Waals surface area (Å²) < 4.78 is 40.1. The summed E-state index contributed by atoms with van der Waals surface area (Å²) in [5.74, 6) is 2.49. The minimum Gasteiger partial charge on any atom is -0.357 e. The summed E-state index contributed by atoms with van der Waals surface area (Å²) in [5.41, 5.74) is 0.0549. The van der Waals surface area contributed by atoms with Gasteiger partial charge in [0.15, 0.2) is 11.8 Å². The molecule has 0 fully saturated rings. The van der Waals surface area contributed by atoms with Crippen molar-refractivity contribution < 1.29 is 13.2 Å². The predicted octanol–water partition coefficient (Wildman–Crippen LogP) is 3.90. The van der Waals surface area contributed by atoms with Gasteiger partial charge < -0.3 is 15.2 Å². The lowest BCUT2D eigenvalue weighted by molar-refractivity contribution is -0.137. The summed E-state index contributed by atoms with van der Waals surface area (Å²) in [6.07, 6.45) is 0.0972. The molecule has 0 spiro atoms. The van der Waals surface area contributed by atoms with E-state index in [1.807, 2.05) is 6.92 Å². The molecule has 1 aromatic carbocycles. The van der Waals surface area contributed by atoms with Crippen molar-refractivity contribution in [2.24, 2.45) is 4.99 Å². The van der Waals surface area contributed by atoms with Gasteiger partial charge >= 0.3 is 6.18 Å². The van der Waals surface area contributed by atoms with Gasteiger partial charge in [-0.1, -0.05) is 18.6 Å². The Morgan fingerprint density at radius 3 is 2.55 bits per heavy atom. The molecule has 2 aromatic rings. The molecule has 1 aromatic heterocycles. The summed E-state index contributed by atoms with van der Waals surface area (Å²) in [6, 6.07) is 5.07. The Balaban J connectivity index is 0.00000300. The minimum atomic E-state index is -4.32. The van der Waals surface area contributed by atoms with Gasteiger partial charge in [0.05, 0.1) is 18.7 Å². The molecule has 2 N–H and O–H groups in total. The average Bonchev–Trinajstić information content (AvgIpc) is 2.90. The second kappa shape index (κ2) is 10.8. The molecular formula is C19H26F3IN6. The van der Waals surface area contributed by atoms with E-state index < -0.39 is 11.7 Å². The van der Waals surface area contributed by atoms with Gasteiger partial charge in [-0.15, -0.1) is 34.2 Å². The third-order valence-corrected chi connectivity index (χ3v) is 4.65. The molecule has 1 aliphatic heterocycles. The number of fused-ring (bicyclic) bond motifs is 1. The van der Waals surface area contributed by atoms with E-state index in [4.69, 9.17) is 0 Å². The molecule has 2 heterocycles. The van der Waals surface area contributed by atoms with Gasteiger partial charge in [0.25, 0.3) is 0 Å². The van der Waals surface area contributed by atoms with E-state index in [2.05, 4.69) is 30.4 Å². The molecule has 0 radical (unpaired) electrons. The first-order valence-electron chi connectivity index (χ1n) is 9.56. The number of halogens is 4. The molecule has 0 unspecified atom stereocenters. The SMILES string of the molecule is CCNC(=NCc1ccc(C(F)(F)F)cc1)NCc1nnc2n1CCCCC2.I. The van der Waals surface area contributed by atoms with Crippen LogP contribution in [-0.4, -0.2) is 27.3 Å². The van der Waals surface area contributed by atoms with E-state index in [-0.39, 0.29) is 30.5 Å². The van der Waals surface area contributed by atoms with Crippen LogP contribution in [0.4, 0.5) is 13.2 Å². The van der Waals surface area contributed by atoms with E-state index in [1.54, 1.807) is 0 Å². The Kier molecular flexibility index (Phi) is 8.72. The maximum atomic E-state index is 12.7. The Bertz CT molecular complexity index is 801. The fourth-order valence-electron chi connectivity index (χ4n) is 3.15. The highest BCUT2D eigenvalue weighted by Crippen LogP contribution is 2.29. The smallest absolute Gasteiger partial charge is 0.357 e. The Morgan fingerprint density at radius 1 is 1.10 bits per heavy atom. The zero-order chi connectivity index (χ0) is 20.0. The monoisotopic (exact) mass is 522 g/mol. The quantitative estimate of drug-likeness (QED) is 0.355. The first-order chi connectivity index (χ1) is 13.5. The minimum absolute atomic E-state index is 0. The van der Waals surface area contributed by atoms with Crippen LogP contribution in [0.25, 0.3) is 0 Å². The lowest BCUT2D eigenvalue weighted by Gasteiger charge is -2.12. The summed E-state index contributed by atoms with van der Waals surface area (Å²) in [6.45, 7) is 4.34. The standard InChI is InChI=1S/C19H25F3N6.HI/c1-2-23-18(24-12-14-7-9-15(10-8-14)19(20,21)22)25-13-17-27-26-16-6-4-3-5-11-28(16)17;/h7-10H,2-6,11-13H2,1H3,(H2,23,24,25);1H. The number of hydrogen-bond donors (Lipinski definition) is 2. The van der Waals surface area contributed by atoms with E-state index in [0.29, 0.717) is 24.6 Å². The highest BCUT2D eigenvalue weighted by Gasteiger charge is 2.29. The van der Waals surface area contributed by atoms with Crippen LogP contribution in [0.2, 0.25) is 0 Å². The largest absolute Gasteiger partial charge is 0.416 e. The molecule has 10 heteroatoms. The third kappa shape index (κ3) is 6.58. The number of rotatable bonds is 5. The van der Waals surface area contributed by atoms with Crippen LogP contribution in [0.3, 0.4) is 0 Å². The first kappa shape index (κ1) is 23.4. The van der Waals surface area contributed by atoms with E-state index in [1.165, 1.54) is 18.6 Å². The van der Waals surface area contributed by atoms with Gasteiger partial charge in [-0.2, -0.15) is 13.2 Å². The van der Waals surface area contributed by atoms with Crippen molar-refractivity contribution in [1.82, 2.24) is 25.4 Å². The molecule has 0 aliphatic carbocycles. The number of alkyl halides is 3. The molecular weight excluding hydrogens is 496 g/mol. The van der Waals surface area contributed by atoms with E-state index >= 15 is 0 Å². The van der Waals surface area contributed by atoms with Crippen LogP contribution in [0.15, 0.2) is 29.3 Å². The van der Waals surface area contributed by atoms with Crippen molar-refractivity contribution >= 4 is 29.9 Å². The van der Waals surface area contributed by atoms with Crippen LogP contribution in [0.5, 0.6) is 0 Å². The number of aliphatic imine (C=N–C) groups is 1. The van der Waals surface area contributed by atoms with E-state index in [0.717, 1.165) is 49.6 Å². The molecule has 6 nitrogen and oxygen atoms in total. The normalized spacial score (nSPS) is 14.6. The van der Waals surface area contributed by atoms with Crippen LogP contribution >= 0.6 is 24.0 Å². The molecule has 0 atom stereocenters. The van der Waals surface area contributed by atoms with Crippen molar-refractivity contribution in [3.8, 4) is 0 Å². The Labute approximate surface area is 185 Å². The molecule has 3 rings (SSSR count). The van der Waals surface area contributed by atoms with Crippen LogP contribution in [-0.2, 0) is 32.2 Å². The van der Waals surface area contributed by atoms with Crippen molar-refractivity contribution in [3.63, 3.8) is 0 Å².